The third-order valence-electron chi connectivity index (χ3n) is 3.11. The van der Waals surface area contributed by atoms with Crippen LogP contribution in [0.15, 0.2) is 45.3 Å². The van der Waals surface area contributed by atoms with Gasteiger partial charge in [-0.2, -0.15) is 4.68 Å². The second kappa shape index (κ2) is 5.02. The van der Waals surface area contributed by atoms with Gasteiger partial charge in [-0.15, -0.1) is 11.3 Å². The van der Waals surface area contributed by atoms with Crippen molar-refractivity contribution in [1.29, 1.82) is 0 Å². The van der Waals surface area contributed by atoms with Crippen LogP contribution < -0.4 is 16.7 Å². The fraction of sp³-hybridized carbons (Fsp3) is 0.0714. The van der Waals surface area contributed by atoms with Gasteiger partial charge in [0.25, 0.3) is 11.5 Å². The number of benzene rings is 1. The molecular weight excluding hydrogens is 290 g/mol. The summed E-state index contributed by atoms with van der Waals surface area (Å²) in [6.45, 7) is 1.78. The summed E-state index contributed by atoms with van der Waals surface area (Å²) in [5, 5.41) is 1.70. The summed E-state index contributed by atoms with van der Waals surface area (Å²) in [4.78, 5) is 38.8. The van der Waals surface area contributed by atoms with Gasteiger partial charge in [0.05, 0.1) is 5.52 Å². The zero-order valence-electron chi connectivity index (χ0n) is 11.0. The molecule has 1 aromatic carbocycles. The molecule has 1 amide bonds. The van der Waals surface area contributed by atoms with Crippen LogP contribution in [0.4, 0.5) is 0 Å². The summed E-state index contributed by atoms with van der Waals surface area (Å²) >= 11 is 1.21. The minimum Gasteiger partial charge on any atom is -0.304 e. The highest BCUT2D eigenvalue weighted by molar-refractivity contribution is 7.17. The maximum Gasteiger partial charge on any atom is 0.348 e. The molecule has 0 saturated heterocycles. The van der Waals surface area contributed by atoms with E-state index in [-0.39, 0.29) is 0 Å². The van der Waals surface area contributed by atoms with Gasteiger partial charge in [0.1, 0.15) is 4.70 Å². The third kappa shape index (κ3) is 2.27. The highest BCUT2D eigenvalue weighted by Gasteiger charge is 2.13. The van der Waals surface area contributed by atoms with E-state index in [1.807, 2.05) is 6.07 Å². The van der Waals surface area contributed by atoms with E-state index in [9.17, 15) is 14.4 Å². The van der Waals surface area contributed by atoms with Crippen molar-refractivity contribution in [3.8, 4) is 0 Å². The number of carbonyl (C=O) groups is 1. The molecule has 106 valence electrons. The minimum atomic E-state index is -0.673. The second-order valence-electron chi connectivity index (χ2n) is 4.49. The Bertz CT molecular complexity index is 952. The molecule has 6 nitrogen and oxygen atoms in total. The first-order valence-electron chi connectivity index (χ1n) is 6.17. The molecular formula is C14H11N3O3S. The smallest absolute Gasteiger partial charge is 0.304 e. The number of H-pyrrole nitrogens is 1. The van der Waals surface area contributed by atoms with Crippen molar-refractivity contribution >= 4 is 27.5 Å². The molecule has 0 fully saturated rings. The Labute approximate surface area is 122 Å². The van der Waals surface area contributed by atoms with Crippen LogP contribution in [0.5, 0.6) is 0 Å². The maximum atomic E-state index is 12.2. The van der Waals surface area contributed by atoms with Crippen LogP contribution in [0.1, 0.15) is 15.9 Å². The lowest BCUT2D eigenvalue weighted by atomic mass is 10.1. The lowest BCUT2D eigenvalue weighted by molar-refractivity contribution is 0.101. The number of carbonyl (C=O) groups excluding carboxylic acids is 1. The van der Waals surface area contributed by atoms with Crippen LogP contribution in [0.2, 0.25) is 0 Å². The van der Waals surface area contributed by atoms with Gasteiger partial charge in [-0.1, -0.05) is 18.2 Å². The van der Waals surface area contributed by atoms with Crippen LogP contribution in [-0.4, -0.2) is 15.6 Å². The van der Waals surface area contributed by atoms with Crippen molar-refractivity contribution in [2.75, 3.05) is 5.43 Å². The first kappa shape index (κ1) is 13.3. The number of aromatic nitrogens is 2. The Hall–Kier alpha value is -2.67. The molecule has 0 radical (unpaired) electrons. The SMILES string of the molecule is Cc1ccccc1C(=O)Nn1c(=O)[nH]c2ccsc2c1=O. The summed E-state index contributed by atoms with van der Waals surface area (Å²) in [5.74, 6) is -0.503. The van der Waals surface area contributed by atoms with Crippen molar-refractivity contribution < 1.29 is 4.79 Å². The molecule has 2 N–H and O–H groups in total. The zero-order valence-corrected chi connectivity index (χ0v) is 11.9. The number of fused-ring (bicyclic) bond motifs is 1. The number of hydrogen-bond acceptors (Lipinski definition) is 4. The van der Waals surface area contributed by atoms with Gasteiger partial charge < -0.3 is 4.98 Å². The van der Waals surface area contributed by atoms with E-state index in [0.717, 1.165) is 5.56 Å². The quantitative estimate of drug-likeness (QED) is 0.751. The number of nitrogens with zero attached hydrogens (tertiary/aromatic N) is 1. The molecule has 3 aromatic rings. The Kier molecular flexibility index (Phi) is 3.19. The normalized spacial score (nSPS) is 10.7. The van der Waals surface area contributed by atoms with E-state index in [4.69, 9.17) is 0 Å². The zero-order chi connectivity index (χ0) is 15.0. The lowest BCUT2D eigenvalue weighted by Gasteiger charge is -2.08. The van der Waals surface area contributed by atoms with Crippen LogP contribution >= 0.6 is 11.3 Å². The first-order chi connectivity index (χ1) is 10.1. The maximum absolute atomic E-state index is 12.2. The number of aryl methyl sites for hydroxylation is 1. The largest absolute Gasteiger partial charge is 0.348 e. The van der Waals surface area contributed by atoms with Crippen LogP contribution in [0.25, 0.3) is 10.2 Å². The molecule has 0 aliphatic heterocycles. The summed E-state index contributed by atoms with van der Waals surface area (Å²) in [7, 11) is 0. The minimum absolute atomic E-state index is 0.389. The number of hydrogen-bond donors (Lipinski definition) is 2. The third-order valence-corrected chi connectivity index (χ3v) is 4.01. The van der Waals surface area contributed by atoms with Gasteiger partial charge in [0.2, 0.25) is 0 Å². The van der Waals surface area contributed by atoms with Crippen molar-refractivity contribution in [3.05, 3.63) is 67.7 Å². The van der Waals surface area contributed by atoms with Crippen molar-refractivity contribution in [2.24, 2.45) is 0 Å². The highest BCUT2D eigenvalue weighted by atomic mass is 32.1. The van der Waals surface area contributed by atoms with E-state index >= 15 is 0 Å². The average Bonchev–Trinajstić information content (AvgIpc) is 2.92. The van der Waals surface area contributed by atoms with E-state index in [0.29, 0.717) is 20.5 Å². The van der Waals surface area contributed by atoms with Crippen molar-refractivity contribution in [1.82, 2.24) is 9.66 Å². The van der Waals surface area contributed by atoms with Crippen LogP contribution in [0.3, 0.4) is 0 Å². The summed E-state index contributed by atoms with van der Waals surface area (Å²) in [6.07, 6.45) is 0. The summed E-state index contributed by atoms with van der Waals surface area (Å²) < 4.78 is 1.09. The molecule has 0 unspecified atom stereocenters. The Morgan fingerprint density at radius 3 is 2.76 bits per heavy atom. The van der Waals surface area contributed by atoms with Crippen molar-refractivity contribution in [2.45, 2.75) is 6.92 Å². The Morgan fingerprint density at radius 2 is 2.00 bits per heavy atom. The molecule has 0 aliphatic carbocycles. The van der Waals surface area contributed by atoms with Gasteiger partial charge in [-0.05, 0) is 30.0 Å². The monoisotopic (exact) mass is 301 g/mol. The molecule has 0 aliphatic rings. The average molecular weight is 301 g/mol. The van der Waals surface area contributed by atoms with Gasteiger partial charge in [0, 0.05) is 5.56 Å². The number of aromatic amines is 1. The number of thiophene rings is 1. The van der Waals surface area contributed by atoms with Gasteiger partial charge in [0.15, 0.2) is 0 Å². The number of amides is 1. The standard InChI is InChI=1S/C14H11N3O3S/c1-8-4-2-3-5-9(8)12(18)16-17-13(19)11-10(6-7-21-11)15-14(17)20/h2-7H,1H3,(H,15,20)(H,16,18). The van der Waals surface area contributed by atoms with E-state index in [2.05, 4.69) is 10.4 Å². The molecule has 2 aromatic heterocycles. The van der Waals surface area contributed by atoms with Crippen molar-refractivity contribution in [3.63, 3.8) is 0 Å². The molecule has 0 bridgehead atoms. The Morgan fingerprint density at radius 1 is 1.24 bits per heavy atom. The topological polar surface area (TPSA) is 84.0 Å². The molecule has 7 heteroatoms. The predicted octanol–water partition coefficient (Wildman–Crippen LogP) is 1.44. The fourth-order valence-electron chi connectivity index (χ4n) is 2.03. The van der Waals surface area contributed by atoms with Gasteiger partial charge >= 0.3 is 5.69 Å². The number of rotatable bonds is 2. The molecule has 2 heterocycles. The predicted molar refractivity (Wildman–Crippen MR) is 81.6 cm³/mol. The lowest BCUT2D eigenvalue weighted by Crippen LogP contribution is -2.43. The second-order valence-corrected chi connectivity index (χ2v) is 5.41. The summed E-state index contributed by atoms with van der Waals surface area (Å²) in [5.41, 5.74) is 2.78. The summed E-state index contributed by atoms with van der Waals surface area (Å²) in [6, 6.07) is 8.59. The first-order valence-corrected chi connectivity index (χ1v) is 7.05. The highest BCUT2D eigenvalue weighted by Crippen LogP contribution is 2.12. The van der Waals surface area contributed by atoms with E-state index in [1.54, 1.807) is 36.6 Å². The van der Waals surface area contributed by atoms with Crippen LogP contribution in [-0.2, 0) is 0 Å². The molecule has 21 heavy (non-hydrogen) atoms. The molecule has 0 saturated carbocycles. The Balaban J connectivity index is 2.06. The fourth-order valence-corrected chi connectivity index (χ4v) is 2.81. The van der Waals surface area contributed by atoms with Crippen LogP contribution in [0, 0.1) is 6.92 Å². The number of nitrogens with one attached hydrogen (secondary N) is 2. The van der Waals surface area contributed by atoms with Gasteiger partial charge in [-0.3, -0.25) is 15.0 Å². The van der Waals surface area contributed by atoms with E-state index < -0.39 is 17.2 Å². The van der Waals surface area contributed by atoms with E-state index in [1.165, 1.54) is 11.3 Å². The molecule has 0 spiro atoms. The van der Waals surface area contributed by atoms with Gasteiger partial charge in [-0.25, -0.2) is 4.79 Å². The molecule has 0 atom stereocenters. The molecule has 3 rings (SSSR count).